The molecule has 0 radical (unpaired) electrons. The zero-order valence-corrected chi connectivity index (χ0v) is 18.5. The second-order valence-electron chi connectivity index (χ2n) is 7.30. The van der Waals surface area contributed by atoms with Crippen LogP contribution in [0.2, 0.25) is 0 Å². The highest BCUT2D eigenvalue weighted by atomic mass is 35.5. The molecule has 0 spiro atoms. The Morgan fingerprint density at radius 3 is 2.29 bits per heavy atom. The first-order valence-electron chi connectivity index (χ1n) is 9.26. The van der Waals surface area contributed by atoms with Crippen LogP contribution in [0, 0.1) is 0 Å². The van der Waals surface area contributed by atoms with Crippen LogP contribution in [0.1, 0.15) is 30.2 Å². The van der Waals surface area contributed by atoms with E-state index in [2.05, 4.69) is 10.3 Å². The van der Waals surface area contributed by atoms with Crippen molar-refractivity contribution in [3.63, 3.8) is 0 Å². The van der Waals surface area contributed by atoms with Crippen molar-refractivity contribution in [1.29, 1.82) is 0 Å². The Bertz CT molecular complexity index is 968. The van der Waals surface area contributed by atoms with E-state index in [1.807, 2.05) is 12.1 Å². The number of nitrogens with zero attached hydrogens (tertiary/aromatic N) is 1. The molecule has 0 bridgehead atoms. The molecule has 1 saturated carbocycles. The third kappa shape index (κ3) is 6.23. The molecule has 2 aromatic rings. The van der Waals surface area contributed by atoms with Crippen molar-refractivity contribution < 1.29 is 28.1 Å². The number of hydrogen-bond donors (Lipinski definition) is 4. The van der Waals surface area contributed by atoms with Crippen LogP contribution in [-0.4, -0.2) is 38.2 Å². The average Bonchev–Trinajstić information content (AvgIpc) is 3.48. The molecule has 1 amide bonds. The van der Waals surface area contributed by atoms with Gasteiger partial charge in [-0.1, -0.05) is 53.5 Å². The van der Waals surface area contributed by atoms with E-state index in [-0.39, 0.29) is 11.1 Å². The van der Waals surface area contributed by atoms with E-state index in [0.717, 1.165) is 29.7 Å². The van der Waals surface area contributed by atoms with Gasteiger partial charge in [-0.15, -0.1) is 0 Å². The summed E-state index contributed by atoms with van der Waals surface area (Å²) >= 11 is 10.9. The summed E-state index contributed by atoms with van der Waals surface area (Å²) < 4.78 is 29.8. The standard InChI is InChI=1S/C19H21Cl2FN3O5P/c20-17(21)18(26)25-14(9-22)16(30-31(27,28)29)12-3-1-11(2-4-12)13-5-6-15(24-10-13)19(23)7-8-19/h1-6,10,14,16-17H,7-9,23H2,(H,25,26)(H2,27,28,29). The van der Waals surface area contributed by atoms with Crippen molar-refractivity contribution in [2.75, 3.05) is 6.67 Å². The first-order valence-corrected chi connectivity index (χ1v) is 11.7. The SMILES string of the molecule is NC1(c2ccc(-c3ccc(C(OP(=O)(O)O)C(CF)NC(=O)C(Cl)Cl)cc3)cn2)CC1. The predicted molar refractivity (Wildman–Crippen MR) is 114 cm³/mol. The van der Waals surface area contributed by atoms with Gasteiger partial charge < -0.3 is 20.8 Å². The molecular formula is C19H21Cl2FN3O5P. The summed E-state index contributed by atoms with van der Waals surface area (Å²) in [5, 5.41) is 2.19. The van der Waals surface area contributed by atoms with Gasteiger partial charge in [0.05, 0.1) is 17.3 Å². The predicted octanol–water partition coefficient (Wildman–Crippen LogP) is 3.10. The number of nitrogens with one attached hydrogen (secondary N) is 1. The van der Waals surface area contributed by atoms with Crippen molar-refractivity contribution in [2.24, 2.45) is 5.73 Å². The average molecular weight is 492 g/mol. The number of benzene rings is 1. The van der Waals surface area contributed by atoms with Crippen molar-refractivity contribution >= 4 is 36.9 Å². The topological polar surface area (TPSA) is 135 Å². The molecule has 3 rings (SSSR count). The molecule has 1 fully saturated rings. The van der Waals surface area contributed by atoms with Crippen molar-refractivity contribution in [3.05, 3.63) is 53.9 Å². The Hall–Kier alpha value is -1.58. The molecule has 1 aromatic carbocycles. The smallest absolute Gasteiger partial charge is 0.345 e. The van der Waals surface area contributed by atoms with E-state index in [1.165, 1.54) is 12.1 Å². The maximum Gasteiger partial charge on any atom is 0.470 e. The van der Waals surface area contributed by atoms with Crippen molar-refractivity contribution in [1.82, 2.24) is 10.3 Å². The van der Waals surface area contributed by atoms with E-state index in [1.54, 1.807) is 18.3 Å². The zero-order valence-electron chi connectivity index (χ0n) is 16.1. The number of rotatable bonds is 9. The number of phosphoric ester groups is 1. The molecule has 0 aliphatic heterocycles. The van der Waals surface area contributed by atoms with E-state index < -0.39 is 37.4 Å². The van der Waals surface area contributed by atoms with Gasteiger partial charge in [0, 0.05) is 11.8 Å². The van der Waals surface area contributed by atoms with Crippen LogP contribution in [0.4, 0.5) is 4.39 Å². The third-order valence-electron chi connectivity index (χ3n) is 4.94. The largest absolute Gasteiger partial charge is 0.470 e. The normalized spacial score (nSPS) is 17.3. The van der Waals surface area contributed by atoms with Crippen LogP contribution in [-0.2, 0) is 19.4 Å². The second-order valence-corrected chi connectivity index (χ2v) is 9.59. The number of phosphoric acid groups is 1. The quantitative estimate of drug-likeness (QED) is 0.312. The Morgan fingerprint density at radius 1 is 1.23 bits per heavy atom. The number of carbonyl (C=O) groups excluding carboxylic acids is 1. The maximum atomic E-state index is 13.6. The van der Waals surface area contributed by atoms with Crippen LogP contribution >= 0.6 is 31.0 Å². The highest BCUT2D eigenvalue weighted by Gasteiger charge is 2.41. The number of pyridine rings is 1. The third-order valence-corrected chi connectivity index (χ3v) is 5.84. The van der Waals surface area contributed by atoms with Crippen molar-refractivity contribution in [3.8, 4) is 11.1 Å². The fourth-order valence-electron chi connectivity index (χ4n) is 3.07. The van der Waals surface area contributed by atoms with E-state index >= 15 is 0 Å². The van der Waals surface area contributed by atoms with E-state index in [4.69, 9.17) is 33.5 Å². The minimum atomic E-state index is -5.01. The summed E-state index contributed by atoms with van der Waals surface area (Å²) in [4.78, 5) is 33.2. The molecule has 2 atom stereocenters. The summed E-state index contributed by atoms with van der Waals surface area (Å²) in [6.45, 7) is -1.18. The van der Waals surface area contributed by atoms with E-state index in [0.29, 0.717) is 0 Å². The van der Waals surface area contributed by atoms with Gasteiger partial charge in [0.15, 0.2) is 4.84 Å². The van der Waals surface area contributed by atoms with Gasteiger partial charge in [0.2, 0.25) is 0 Å². The molecule has 12 heteroatoms. The monoisotopic (exact) mass is 491 g/mol. The molecule has 5 N–H and O–H groups in total. The number of aromatic nitrogens is 1. The summed E-state index contributed by atoms with van der Waals surface area (Å²) in [5.74, 6) is -0.915. The summed E-state index contributed by atoms with van der Waals surface area (Å²) in [7, 11) is -5.01. The number of nitrogens with two attached hydrogens (primary N) is 1. The van der Waals surface area contributed by atoms with Crippen LogP contribution in [0.5, 0.6) is 0 Å². The summed E-state index contributed by atoms with van der Waals surface area (Å²) in [6, 6.07) is 8.68. The lowest BCUT2D eigenvalue weighted by molar-refractivity contribution is -0.121. The van der Waals surface area contributed by atoms with E-state index in [9.17, 15) is 23.5 Å². The maximum absolute atomic E-state index is 13.6. The van der Waals surface area contributed by atoms with Gasteiger partial charge in [0.25, 0.3) is 5.91 Å². The van der Waals surface area contributed by atoms with Gasteiger partial charge >= 0.3 is 7.82 Å². The minimum absolute atomic E-state index is 0.235. The van der Waals surface area contributed by atoms with Gasteiger partial charge in [-0.2, -0.15) is 0 Å². The van der Waals surface area contributed by atoms with Crippen LogP contribution in [0.15, 0.2) is 42.6 Å². The molecule has 31 heavy (non-hydrogen) atoms. The van der Waals surface area contributed by atoms with Crippen molar-refractivity contribution in [2.45, 2.75) is 35.4 Å². The summed E-state index contributed by atoms with van der Waals surface area (Å²) in [6.07, 6.45) is 2.00. The van der Waals surface area contributed by atoms with Crippen LogP contribution < -0.4 is 11.1 Å². The zero-order chi connectivity index (χ0) is 22.8. The number of alkyl halides is 3. The fourth-order valence-corrected chi connectivity index (χ4v) is 3.76. The number of hydrogen-bond acceptors (Lipinski definition) is 5. The molecule has 8 nitrogen and oxygen atoms in total. The number of carbonyl (C=O) groups is 1. The highest BCUT2D eigenvalue weighted by molar-refractivity contribution is 7.46. The molecule has 1 aliphatic carbocycles. The first-order chi connectivity index (χ1) is 14.5. The molecule has 1 aliphatic rings. The van der Waals surface area contributed by atoms with Gasteiger partial charge in [-0.3, -0.25) is 14.3 Å². The Balaban J connectivity index is 1.84. The molecule has 168 valence electrons. The Morgan fingerprint density at radius 2 is 1.84 bits per heavy atom. The fraction of sp³-hybridized carbons (Fsp3) is 0.368. The van der Waals surface area contributed by atoms with Crippen LogP contribution in [0.25, 0.3) is 11.1 Å². The summed E-state index contributed by atoms with van der Waals surface area (Å²) in [5.41, 5.74) is 8.42. The molecule has 1 heterocycles. The second kappa shape index (κ2) is 9.50. The highest BCUT2D eigenvalue weighted by Crippen LogP contribution is 2.44. The lowest BCUT2D eigenvalue weighted by atomic mass is 9.99. The molecule has 2 unspecified atom stereocenters. The van der Waals surface area contributed by atoms with Gasteiger partial charge in [-0.25, -0.2) is 8.96 Å². The number of amides is 1. The Labute approximate surface area is 188 Å². The van der Waals surface area contributed by atoms with Gasteiger partial charge in [0.1, 0.15) is 12.8 Å². The lowest BCUT2D eigenvalue weighted by Crippen LogP contribution is -2.43. The lowest BCUT2D eigenvalue weighted by Gasteiger charge is -2.27. The molecule has 1 aromatic heterocycles. The molecule has 0 saturated heterocycles. The number of halogens is 3. The Kier molecular flexibility index (Phi) is 7.38. The molecular weight excluding hydrogens is 471 g/mol. The minimum Gasteiger partial charge on any atom is -0.345 e. The van der Waals surface area contributed by atoms with Crippen LogP contribution in [0.3, 0.4) is 0 Å². The first kappa shape index (κ1) is 24.1. The van der Waals surface area contributed by atoms with Gasteiger partial charge in [-0.05, 0) is 30.0 Å².